The molecule has 0 aliphatic heterocycles. The smallest absolute Gasteiger partial charge is 0.179 e. The molecule has 1 heterocycles. The highest BCUT2D eigenvalue weighted by Gasteiger charge is 2.11. The molecule has 4 nitrogen and oxygen atoms in total. The summed E-state index contributed by atoms with van der Waals surface area (Å²) < 4.78 is 11.8. The molecule has 0 atom stereocenters. The van der Waals surface area contributed by atoms with Gasteiger partial charge < -0.3 is 14.8 Å². The molecule has 0 aliphatic rings. The van der Waals surface area contributed by atoms with Crippen molar-refractivity contribution in [3.8, 4) is 11.5 Å². The normalized spacial score (nSPS) is 10.5. The molecular weight excluding hydrogens is 367 g/mol. The van der Waals surface area contributed by atoms with Gasteiger partial charge >= 0.3 is 0 Å². The van der Waals surface area contributed by atoms with Crippen molar-refractivity contribution in [2.75, 3.05) is 14.2 Å². The molecule has 0 spiro atoms. The average Bonchev–Trinajstić information content (AvgIpc) is 2.97. The summed E-state index contributed by atoms with van der Waals surface area (Å²) >= 11 is 7.92. The molecule has 24 heavy (non-hydrogen) atoms. The van der Waals surface area contributed by atoms with Gasteiger partial charge in [0, 0.05) is 13.1 Å². The second kappa shape index (κ2) is 8.53. The first-order valence-corrected chi connectivity index (χ1v) is 8.36. The van der Waals surface area contributed by atoms with Crippen LogP contribution >= 0.6 is 35.3 Å². The number of thiazole rings is 1. The third kappa shape index (κ3) is 4.11. The lowest BCUT2D eigenvalue weighted by atomic mass is 10.2. The maximum atomic E-state index is 6.22. The summed E-state index contributed by atoms with van der Waals surface area (Å²) in [6.07, 6.45) is 0. The molecule has 3 rings (SSSR count). The number of rotatable bonds is 6. The molecule has 0 bridgehead atoms. The first kappa shape index (κ1) is 18.8. The minimum absolute atomic E-state index is 0. The molecule has 0 unspecified atom stereocenters. The third-order valence-electron chi connectivity index (χ3n) is 3.44. The molecular formula is C17H18Cl2N2O2S. The number of hydrogen-bond donors (Lipinski definition) is 1. The molecule has 7 heteroatoms. The van der Waals surface area contributed by atoms with Crippen LogP contribution in [0.25, 0.3) is 10.2 Å². The highest BCUT2D eigenvalue weighted by molar-refractivity contribution is 7.18. The van der Waals surface area contributed by atoms with E-state index < -0.39 is 0 Å². The van der Waals surface area contributed by atoms with Crippen molar-refractivity contribution in [1.82, 2.24) is 10.3 Å². The van der Waals surface area contributed by atoms with Crippen molar-refractivity contribution >= 4 is 45.6 Å². The van der Waals surface area contributed by atoms with E-state index in [4.69, 9.17) is 21.1 Å². The van der Waals surface area contributed by atoms with Gasteiger partial charge in [-0.3, -0.25) is 0 Å². The van der Waals surface area contributed by atoms with Crippen molar-refractivity contribution in [3.63, 3.8) is 0 Å². The molecule has 0 saturated heterocycles. The Morgan fingerprint density at radius 3 is 2.62 bits per heavy atom. The second-order valence-corrected chi connectivity index (χ2v) is 6.51. The van der Waals surface area contributed by atoms with E-state index in [-0.39, 0.29) is 12.4 Å². The SMILES string of the molecule is COc1cc(CNCc2nc3ccccc3s2)cc(Cl)c1OC.Cl. The van der Waals surface area contributed by atoms with Crippen LogP contribution in [0.1, 0.15) is 10.6 Å². The molecule has 2 aromatic carbocycles. The number of halogens is 2. The first-order valence-electron chi connectivity index (χ1n) is 7.17. The number of para-hydroxylation sites is 1. The number of benzene rings is 2. The van der Waals surface area contributed by atoms with Gasteiger partial charge in [0.15, 0.2) is 11.5 Å². The lowest BCUT2D eigenvalue weighted by molar-refractivity contribution is 0.354. The second-order valence-electron chi connectivity index (χ2n) is 4.99. The van der Waals surface area contributed by atoms with Crippen LogP contribution in [0, 0.1) is 0 Å². The minimum Gasteiger partial charge on any atom is -0.493 e. The number of ether oxygens (including phenoxy) is 2. The third-order valence-corrected chi connectivity index (χ3v) is 4.75. The summed E-state index contributed by atoms with van der Waals surface area (Å²) in [4.78, 5) is 4.61. The van der Waals surface area contributed by atoms with Crippen LogP contribution < -0.4 is 14.8 Å². The van der Waals surface area contributed by atoms with Crippen LogP contribution in [0.4, 0.5) is 0 Å². The van der Waals surface area contributed by atoms with E-state index in [9.17, 15) is 0 Å². The Balaban J connectivity index is 0.00000208. The Hall–Kier alpha value is -1.53. The van der Waals surface area contributed by atoms with Crippen LogP contribution in [0.5, 0.6) is 11.5 Å². The van der Waals surface area contributed by atoms with Crippen molar-refractivity contribution in [2.24, 2.45) is 0 Å². The molecule has 0 radical (unpaired) electrons. The fourth-order valence-corrected chi connectivity index (χ4v) is 3.63. The molecule has 3 aromatic rings. The zero-order chi connectivity index (χ0) is 16.2. The van der Waals surface area contributed by atoms with E-state index in [2.05, 4.69) is 16.4 Å². The minimum atomic E-state index is 0. The van der Waals surface area contributed by atoms with Gasteiger partial charge in [-0.15, -0.1) is 23.7 Å². The van der Waals surface area contributed by atoms with Crippen LogP contribution in [0.3, 0.4) is 0 Å². The quantitative estimate of drug-likeness (QED) is 0.669. The Kier molecular flexibility index (Phi) is 6.69. The van der Waals surface area contributed by atoms with Gasteiger partial charge in [-0.05, 0) is 29.8 Å². The average molecular weight is 385 g/mol. The van der Waals surface area contributed by atoms with Crippen LogP contribution in [-0.2, 0) is 13.1 Å². The molecule has 1 aromatic heterocycles. The highest BCUT2D eigenvalue weighted by Crippen LogP contribution is 2.36. The standard InChI is InChI=1S/C17H17ClN2O2S.ClH/c1-21-14-8-11(7-12(18)17(14)22-2)9-19-10-16-20-13-5-3-4-6-15(13)23-16;/h3-8,19H,9-10H2,1-2H3;1H. The topological polar surface area (TPSA) is 43.4 Å². The van der Waals surface area contributed by atoms with E-state index in [1.165, 1.54) is 4.70 Å². The van der Waals surface area contributed by atoms with Crippen LogP contribution in [-0.4, -0.2) is 19.2 Å². The lowest BCUT2D eigenvalue weighted by Gasteiger charge is -2.12. The van der Waals surface area contributed by atoms with Crippen LogP contribution in [0.15, 0.2) is 36.4 Å². The molecule has 0 amide bonds. The Bertz CT molecular complexity index is 790. The van der Waals surface area contributed by atoms with Gasteiger partial charge in [0.2, 0.25) is 0 Å². The Labute approximate surface area is 156 Å². The summed E-state index contributed by atoms with van der Waals surface area (Å²) in [5.41, 5.74) is 2.08. The number of nitrogens with one attached hydrogen (secondary N) is 1. The number of nitrogens with zero attached hydrogens (tertiary/aromatic N) is 1. The predicted molar refractivity (Wildman–Crippen MR) is 102 cm³/mol. The largest absolute Gasteiger partial charge is 0.493 e. The molecule has 0 saturated carbocycles. The Morgan fingerprint density at radius 1 is 1.12 bits per heavy atom. The van der Waals surface area contributed by atoms with Crippen molar-refractivity contribution in [2.45, 2.75) is 13.1 Å². The van der Waals surface area contributed by atoms with Crippen molar-refractivity contribution in [1.29, 1.82) is 0 Å². The van der Waals surface area contributed by atoms with Gasteiger partial charge in [-0.25, -0.2) is 4.98 Å². The molecule has 1 N–H and O–H groups in total. The van der Waals surface area contributed by atoms with E-state index >= 15 is 0 Å². The fraction of sp³-hybridized carbons (Fsp3) is 0.235. The summed E-state index contributed by atoms with van der Waals surface area (Å²) in [6, 6.07) is 12.0. The number of hydrogen-bond acceptors (Lipinski definition) is 5. The fourth-order valence-electron chi connectivity index (χ4n) is 2.38. The number of methoxy groups -OCH3 is 2. The maximum absolute atomic E-state index is 6.22. The van der Waals surface area contributed by atoms with Gasteiger partial charge in [-0.1, -0.05) is 23.7 Å². The zero-order valence-electron chi connectivity index (χ0n) is 13.3. The van der Waals surface area contributed by atoms with Gasteiger partial charge in [0.1, 0.15) is 5.01 Å². The summed E-state index contributed by atoms with van der Waals surface area (Å²) in [5, 5.41) is 5.00. The first-order chi connectivity index (χ1) is 11.2. The monoisotopic (exact) mass is 384 g/mol. The highest BCUT2D eigenvalue weighted by atomic mass is 35.5. The summed E-state index contributed by atoms with van der Waals surface area (Å²) in [5.74, 6) is 1.20. The number of fused-ring (bicyclic) bond motifs is 1. The van der Waals surface area contributed by atoms with E-state index in [1.54, 1.807) is 25.6 Å². The summed E-state index contributed by atoms with van der Waals surface area (Å²) in [7, 11) is 3.18. The maximum Gasteiger partial charge on any atom is 0.179 e. The van der Waals surface area contributed by atoms with Crippen molar-refractivity contribution < 1.29 is 9.47 Å². The zero-order valence-corrected chi connectivity index (χ0v) is 15.7. The predicted octanol–water partition coefficient (Wildman–Crippen LogP) is 4.68. The van der Waals surface area contributed by atoms with Gasteiger partial charge in [0.05, 0.1) is 29.5 Å². The van der Waals surface area contributed by atoms with E-state index in [0.29, 0.717) is 29.6 Å². The molecule has 128 valence electrons. The lowest BCUT2D eigenvalue weighted by Crippen LogP contribution is -2.12. The number of aromatic nitrogens is 1. The van der Waals surface area contributed by atoms with E-state index in [1.807, 2.05) is 30.3 Å². The van der Waals surface area contributed by atoms with E-state index in [0.717, 1.165) is 16.1 Å². The molecule has 0 fully saturated rings. The summed E-state index contributed by atoms with van der Waals surface area (Å²) in [6.45, 7) is 1.39. The van der Waals surface area contributed by atoms with Gasteiger partial charge in [0.25, 0.3) is 0 Å². The Morgan fingerprint density at radius 2 is 1.92 bits per heavy atom. The van der Waals surface area contributed by atoms with Gasteiger partial charge in [-0.2, -0.15) is 0 Å². The molecule has 0 aliphatic carbocycles. The van der Waals surface area contributed by atoms with Crippen LogP contribution in [0.2, 0.25) is 5.02 Å². The van der Waals surface area contributed by atoms with Crippen molar-refractivity contribution in [3.05, 3.63) is 52.0 Å².